The largest absolute Gasteiger partial charge is 0.480 e. The molecule has 0 saturated carbocycles. The van der Waals surface area contributed by atoms with E-state index in [1.807, 2.05) is 0 Å². The number of amides is 3. The third-order valence-electron chi connectivity index (χ3n) is 1.79. The zero-order valence-electron chi connectivity index (χ0n) is 9.84. The summed E-state index contributed by atoms with van der Waals surface area (Å²) in [6.45, 7) is -1.20. The highest BCUT2D eigenvalue weighted by Gasteiger charge is 2.18. The van der Waals surface area contributed by atoms with Gasteiger partial charge in [-0.1, -0.05) is 0 Å². The number of esters is 1. The quantitative estimate of drug-likeness (QED) is 0.459. The van der Waals surface area contributed by atoms with Crippen molar-refractivity contribution in [1.29, 1.82) is 0 Å². The van der Waals surface area contributed by atoms with Gasteiger partial charge in [-0.3, -0.25) is 14.4 Å². The summed E-state index contributed by atoms with van der Waals surface area (Å²) in [6, 6.07) is -0.792. The van der Waals surface area contributed by atoms with Gasteiger partial charge in [-0.15, -0.1) is 0 Å². The number of nitrogens with two attached hydrogens (primary N) is 1. The maximum atomic E-state index is 11.5. The summed E-state index contributed by atoms with van der Waals surface area (Å²) >= 11 is 0. The molecule has 0 spiro atoms. The van der Waals surface area contributed by atoms with Crippen LogP contribution in [0.4, 0.5) is 4.79 Å². The van der Waals surface area contributed by atoms with Gasteiger partial charge in [0.2, 0.25) is 5.91 Å². The Balaban J connectivity index is 4.24. The molecule has 0 aliphatic carbocycles. The topological polar surface area (TPSA) is 139 Å². The minimum atomic E-state index is -1.28. The van der Waals surface area contributed by atoms with Crippen LogP contribution in [0, 0.1) is 0 Å². The van der Waals surface area contributed by atoms with Crippen LogP contribution in [0.3, 0.4) is 0 Å². The summed E-state index contributed by atoms with van der Waals surface area (Å²) < 4.78 is 4.35. The minimum absolute atomic E-state index is 0.0274. The van der Waals surface area contributed by atoms with E-state index in [1.165, 1.54) is 7.11 Å². The SMILES string of the molecule is COC(=O)CCNC(=O)N(CC(N)=O)CC(=O)O. The Morgan fingerprint density at radius 2 is 1.89 bits per heavy atom. The number of aliphatic carboxylic acids is 1. The number of nitrogens with zero attached hydrogens (tertiary/aromatic N) is 1. The van der Waals surface area contributed by atoms with Gasteiger partial charge in [0.1, 0.15) is 13.1 Å². The lowest BCUT2D eigenvalue weighted by Gasteiger charge is -2.19. The van der Waals surface area contributed by atoms with Crippen LogP contribution in [-0.4, -0.2) is 60.6 Å². The van der Waals surface area contributed by atoms with Crippen LogP contribution in [0.5, 0.6) is 0 Å². The number of hydrogen-bond acceptors (Lipinski definition) is 5. The fraction of sp³-hybridized carbons (Fsp3) is 0.556. The fourth-order valence-electron chi connectivity index (χ4n) is 1.04. The first kappa shape index (κ1) is 15.7. The van der Waals surface area contributed by atoms with Crippen LogP contribution >= 0.6 is 0 Å². The van der Waals surface area contributed by atoms with Crippen LogP contribution < -0.4 is 11.1 Å². The Hall–Kier alpha value is -2.32. The molecule has 9 heteroatoms. The third-order valence-corrected chi connectivity index (χ3v) is 1.79. The third kappa shape index (κ3) is 7.04. The van der Waals surface area contributed by atoms with Crippen molar-refractivity contribution in [2.75, 3.05) is 26.7 Å². The summed E-state index contributed by atoms with van der Waals surface area (Å²) in [5.41, 5.74) is 4.88. The van der Waals surface area contributed by atoms with E-state index in [0.29, 0.717) is 0 Å². The average Bonchev–Trinajstić information content (AvgIpc) is 2.26. The Labute approximate surface area is 103 Å². The van der Waals surface area contributed by atoms with Gasteiger partial charge < -0.3 is 25.8 Å². The van der Waals surface area contributed by atoms with E-state index < -0.39 is 37.0 Å². The van der Waals surface area contributed by atoms with Gasteiger partial charge in [0.05, 0.1) is 13.5 Å². The molecule has 0 aliphatic rings. The number of ether oxygens (including phenoxy) is 1. The smallest absolute Gasteiger partial charge is 0.323 e. The van der Waals surface area contributed by atoms with Gasteiger partial charge in [-0.05, 0) is 0 Å². The van der Waals surface area contributed by atoms with E-state index in [9.17, 15) is 19.2 Å². The van der Waals surface area contributed by atoms with Crippen LogP contribution in [0.2, 0.25) is 0 Å². The molecular formula is C9H15N3O6. The lowest BCUT2D eigenvalue weighted by Crippen LogP contribution is -2.47. The Morgan fingerprint density at radius 3 is 2.33 bits per heavy atom. The molecule has 0 bridgehead atoms. The number of nitrogens with one attached hydrogen (secondary N) is 1. The number of carboxylic acids is 1. The van der Waals surface area contributed by atoms with Gasteiger partial charge >= 0.3 is 18.0 Å². The summed E-state index contributed by atoms with van der Waals surface area (Å²) in [5, 5.41) is 10.8. The van der Waals surface area contributed by atoms with E-state index >= 15 is 0 Å². The molecule has 4 N–H and O–H groups in total. The molecule has 9 nitrogen and oxygen atoms in total. The number of rotatable bonds is 7. The molecule has 0 atom stereocenters. The number of urea groups is 1. The Bertz CT molecular complexity index is 327. The van der Waals surface area contributed by atoms with Gasteiger partial charge in [-0.2, -0.15) is 0 Å². The fourth-order valence-corrected chi connectivity index (χ4v) is 1.04. The zero-order chi connectivity index (χ0) is 14.1. The van der Waals surface area contributed by atoms with Crippen LogP contribution in [0.25, 0.3) is 0 Å². The molecule has 0 heterocycles. The highest BCUT2D eigenvalue weighted by molar-refractivity contribution is 5.86. The molecule has 3 amide bonds. The number of carbonyl (C=O) groups is 4. The molecular weight excluding hydrogens is 246 g/mol. The molecule has 0 rings (SSSR count). The van der Waals surface area contributed by atoms with Gasteiger partial charge in [-0.25, -0.2) is 4.79 Å². The summed E-state index contributed by atoms with van der Waals surface area (Å²) in [5.74, 6) is -2.63. The first-order valence-electron chi connectivity index (χ1n) is 4.96. The lowest BCUT2D eigenvalue weighted by atomic mass is 10.4. The maximum absolute atomic E-state index is 11.5. The summed E-state index contributed by atoms with van der Waals surface area (Å²) in [6.07, 6.45) is -0.0558. The average molecular weight is 261 g/mol. The molecule has 0 aromatic carbocycles. The first-order valence-corrected chi connectivity index (χ1v) is 4.96. The molecule has 0 aromatic heterocycles. The molecule has 0 radical (unpaired) electrons. The zero-order valence-corrected chi connectivity index (χ0v) is 9.84. The Morgan fingerprint density at radius 1 is 1.28 bits per heavy atom. The van der Waals surface area contributed by atoms with Gasteiger partial charge in [0.25, 0.3) is 0 Å². The molecule has 18 heavy (non-hydrogen) atoms. The van der Waals surface area contributed by atoms with Gasteiger partial charge in [0, 0.05) is 6.54 Å². The number of primary amides is 1. The Kier molecular flexibility index (Phi) is 6.86. The minimum Gasteiger partial charge on any atom is -0.480 e. The summed E-state index contributed by atoms with van der Waals surface area (Å²) in [4.78, 5) is 44.1. The van der Waals surface area contributed by atoms with Crippen molar-refractivity contribution >= 4 is 23.9 Å². The standard InChI is InChI=1S/C9H15N3O6/c1-18-8(16)2-3-11-9(17)12(4-6(10)13)5-7(14)15/h2-5H2,1H3,(H2,10,13)(H,11,17)(H,14,15). The van der Waals surface area contributed by atoms with E-state index in [4.69, 9.17) is 10.8 Å². The van der Waals surface area contributed by atoms with E-state index in [2.05, 4.69) is 10.1 Å². The molecule has 0 aliphatic heterocycles. The maximum Gasteiger partial charge on any atom is 0.323 e. The molecule has 102 valence electrons. The van der Waals surface area contributed by atoms with Crippen LogP contribution in [0.1, 0.15) is 6.42 Å². The number of carbonyl (C=O) groups excluding carboxylic acids is 3. The number of carboxylic acid groups (broad SMARTS) is 1. The van der Waals surface area contributed by atoms with Crippen molar-refractivity contribution in [3.63, 3.8) is 0 Å². The van der Waals surface area contributed by atoms with E-state index in [1.54, 1.807) is 0 Å². The van der Waals surface area contributed by atoms with Crippen molar-refractivity contribution in [3.8, 4) is 0 Å². The van der Waals surface area contributed by atoms with Crippen LogP contribution in [-0.2, 0) is 19.1 Å². The normalized spacial score (nSPS) is 9.39. The number of hydrogen-bond donors (Lipinski definition) is 3. The van der Waals surface area contributed by atoms with E-state index in [-0.39, 0.29) is 13.0 Å². The molecule has 0 unspecified atom stereocenters. The van der Waals surface area contributed by atoms with Crippen LogP contribution in [0.15, 0.2) is 0 Å². The van der Waals surface area contributed by atoms with Crippen molar-refractivity contribution in [3.05, 3.63) is 0 Å². The highest BCUT2D eigenvalue weighted by Crippen LogP contribution is 1.90. The predicted octanol–water partition coefficient (Wildman–Crippen LogP) is -1.87. The molecule has 0 saturated heterocycles. The van der Waals surface area contributed by atoms with Gasteiger partial charge in [0.15, 0.2) is 0 Å². The summed E-state index contributed by atoms with van der Waals surface area (Å²) in [7, 11) is 1.20. The second kappa shape index (κ2) is 7.87. The number of methoxy groups -OCH3 is 1. The van der Waals surface area contributed by atoms with E-state index in [0.717, 1.165) is 4.90 Å². The first-order chi connectivity index (χ1) is 8.36. The molecule has 0 fully saturated rings. The monoisotopic (exact) mass is 261 g/mol. The van der Waals surface area contributed by atoms with Crippen molar-refractivity contribution in [1.82, 2.24) is 10.2 Å². The highest BCUT2D eigenvalue weighted by atomic mass is 16.5. The van der Waals surface area contributed by atoms with Crippen molar-refractivity contribution < 1.29 is 29.0 Å². The molecule has 0 aromatic rings. The predicted molar refractivity (Wildman–Crippen MR) is 58.4 cm³/mol. The van der Waals surface area contributed by atoms with Crippen molar-refractivity contribution in [2.24, 2.45) is 5.73 Å². The van der Waals surface area contributed by atoms with Crippen molar-refractivity contribution in [2.45, 2.75) is 6.42 Å². The second-order valence-corrected chi connectivity index (χ2v) is 3.27. The lowest BCUT2D eigenvalue weighted by molar-refractivity contribution is -0.141. The second-order valence-electron chi connectivity index (χ2n) is 3.27.